The van der Waals surface area contributed by atoms with Gasteiger partial charge < -0.3 is 50.0 Å². The maximum atomic E-state index is 15.5. The van der Waals surface area contributed by atoms with Crippen LogP contribution in [-0.4, -0.2) is 173 Å². The van der Waals surface area contributed by atoms with Crippen LogP contribution in [0.2, 0.25) is 0 Å². The summed E-state index contributed by atoms with van der Waals surface area (Å²) in [6.07, 6.45) is 0.793. The van der Waals surface area contributed by atoms with Crippen molar-refractivity contribution in [3.8, 4) is 5.75 Å². The van der Waals surface area contributed by atoms with Crippen molar-refractivity contribution in [3.63, 3.8) is 0 Å². The number of rotatable bonds is 16. The summed E-state index contributed by atoms with van der Waals surface area (Å²) in [4.78, 5) is 123. The molecule has 430 valence electrons. The zero-order valence-electron chi connectivity index (χ0n) is 48.2. The Morgan fingerprint density at radius 2 is 1.57 bits per heavy atom. The average molecular weight is 1080 g/mol. The molecule has 2 aliphatic carbocycles. The molecule has 5 unspecified atom stereocenters. The maximum Gasteiger partial charge on any atom is 0.329 e. The van der Waals surface area contributed by atoms with E-state index in [1.54, 1.807) is 45.2 Å². The molecule has 3 heterocycles. The molecule has 4 N–H and O–H groups in total. The quantitative estimate of drug-likeness (QED) is 0.169. The Morgan fingerprint density at radius 1 is 0.909 bits per heavy atom. The van der Waals surface area contributed by atoms with Crippen LogP contribution in [0.15, 0.2) is 24.3 Å². The molecule has 11 atom stereocenters. The predicted molar refractivity (Wildman–Crippen MR) is 289 cm³/mol. The highest BCUT2D eigenvalue weighted by atomic mass is 16.6. The number of carbonyl (C=O) groups is 8. The number of likely N-dealkylation sites (N-methyl/N-ethyl adjacent to an activating group) is 2. The molecule has 5 fully saturated rings. The molecule has 6 rings (SSSR count). The molecule has 2 saturated carbocycles. The molecule has 3 aliphatic heterocycles. The Morgan fingerprint density at radius 3 is 2.16 bits per heavy atom. The molecular formula is C58H91N7O12. The highest BCUT2D eigenvalue weighted by Crippen LogP contribution is 2.66. The van der Waals surface area contributed by atoms with E-state index in [0.29, 0.717) is 50.1 Å². The van der Waals surface area contributed by atoms with Gasteiger partial charge in [0.2, 0.25) is 29.5 Å². The van der Waals surface area contributed by atoms with Crippen LogP contribution < -0.4 is 20.7 Å². The lowest BCUT2D eigenvalue weighted by Gasteiger charge is -2.36. The largest absolute Gasteiger partial charge is 0.497 e. The molecule has 2 spiro atoms. The molecule has 5 aliphatic rings. The van der Waals surface area contributed by atoms with E-state index in [2.05, 4.69) is 16.0 Å². The summed E-state index contributed by atoms with van der Waals surface area (Å²) in [5.41, 5.74) is -2.31. The molecule has 6 amide bonds. The molecule has 19 nitrogen and oxygen atoms in total. The van der Waals surface area contributed by atoms with Gasteiger partial charge in [-0.25, -0.2) is 4.79 Å². The van der Waals surface area contributed by atoms with Gasteiger partial charge >= 0.3 is 11.9 Å². The summed E-state index contributed by atoms with van der Waals surface area (Å²) in [6.45, 7) is 20.1. The molecule has 3 saturated heterocycles. The summed E-state index contributed by atoms with van der Waals surface area (Å²) in [5.74, 6) is -4.69. The SMILES string of the molecule is CCC(C)C1NC(=O)C2(CC2NC(=O)[C@@H](CC(C)C)N(C)CC2CCCN2C(=O)C(C)C)C2(CC2)OC(=O)[C@H](Cc2ccc(OC)cc2)N(C)C(=O)[C@@H]2CCCN2C(=O)[C@H](CC(C)C)NC(=O)[C@H](C(C)C)OC(=O)C[C@@H]1O. The van der Waals surface area contributed by atoms with Gasteiger partial charge in [-0.15, -0.1) is 0 Å². The molecule has 0 bridgehead atoms. The van der Waals surface area contributed by atoms with Gasteiger partial charge in [0.1, 0.15) is 34.9 Å². The van der Waals surface area contributed by atoms with Crippen LogP contribution in [0.5, 0.6) is 5.75 Å². The zero-order valence-corrected chi connectivity index (χ0v) is 48.2. The zero-order chi connectivity index (χ0) is 56.8. The summed E-state index contributed by atoms with van der Waals surface area (Å²) in [5, 5.41) is 21.1. The third kappa shape index (κ3) is 13.9. The van der Waals surface area contributed by atoms with Crippen LogP contribution in [0.1, 0.15) is 145 Å². The third-order valence-corrected chi connectivity index (χ3v) is 17.0. The number of likely N-dealkylation sites (tertiary alicyclic amines) is 1. The normalized spacial score (nSPS) is 29.4. The Bertz CT molecular complexity index is 2290. The number of fused-ring (bicyclic) bond motifs is 2. The van der Waals surface area contributed by atoms with Crippen molar-refractivity contribution in [2.24, 2.45) is 35.0 Å². The smallest absolute Gasteiger partial charge is 0.329 e. The first-order valence-corrected chi connectivity index (χ1v) is 28.5. The van der Waals surface area contributed by atoms with Gasteiger partial charge in [0.15, 0.2) is 6.10 Å². The number of cyclic esters (lactones) is 1. The molecule has 1 aromatic carbocycles. The summed E-state index contributed by atoms with van der Waals surface area (Å²) < 4.78 is 17.9. The van der Waals surface area contributed by atoms with Crippen molar-refractivity contribution < 1.29 is 57.7 Å². The van der Waals surface area contributed by atoms with Crippen LogP contribution >= 0.6 is 0 Å². The first kappa shape index (κ1) is 60.9. The Labute approximate surface area is 456 Å². The summed E-state index contributed by atoms with van der Waals surface area (Å²) >= 11 is 0. The van der Waals surface area contributed by atoms with Gasteiger partial charge in [0, 0.05) is 51.1 Å². The fraction of sp³-hybridized carbons (Fsp3) is 0.759. The minimum absolute atomic E-state index is 0.00448. The molecular weight excluding hydrogens is 987 g/mol. The number of aliphatic hydroxyl groups excluding tert-OH is 1. The van der Waals surface area contributed by atoms with Gasteiger partial charge in [0.25, 0.3) is 5.91 Å². The van der Waals surface area contributed by atoms with Gasteiger partial charge in [-0.2, -0.15) is 0 Å². The monoisotopic (exact) mass is 1080 g/mol. The number of hydrogen-bond donors (Lipinski definition) is 4. The van der Waals surface area contributed by atoms with Gasteiger partial charge in [0.05, 0.1) is 31.7 Å². The number of aliphatic hydroxyl groups is 1. The van der Waals surface area contributed by atoms with Crippen LogP contribution in [0.3, 0.4) is 0 Å². The fourth-order valence-corrected chi connectivity index (χ4v) is 12.0. The van der Waals surface area contributed by atoms with Crippen molar-refractivity contribution in [3.05, 3.63) is 29.8 Å². The highest BCUT2D eigenvalue weighted by molar-refractivity contribution is 5.96. The van der Waals surface area contributed by atoms with Crippen LogP contribution in [0, 0.1) is 35.0 Å². The number of esters is 2. The number of methoxy groups -OCH3 is 1. The van der Waals surface area contributed by atoms with Crippen LogP contribution in [0.25, 0.3) is 0 Å². The Hall–Kier alpha value is -5.30. The van der Waals surface area contributed by atoms with Gasteiger partial charge in [-0.1, -0.05) is 87.8 Å². The highest BCUT2D eigenvalue weighted by Gasteiger charge is 2.79. The second-order valence-electron chi connectivity index (χ2n) is 24.4. The van der Waals surface area contributed by atoms with Crippen molar-refractivity contribution >= 4 is 47.4 Å². The van der Waals surface area contributed by atoms with E-state index in [0.717, 1.165) is 12.8 Å². The molecule has 77 heavy (non-hydrogen) atoms. The Kier molecular flexibility index (Phi) is 20.3. The second kappa shape index (κ2) is 25.7. The number of nitrogens with zero attached hydrogens (tertiary/aromatic N) is 4. The van der Waals surface area contributed by atoms with Crippen molar-refractivity contribution in [1.82, 2.24) is 35.6 Å². The number of benzene rings is 1. The summed E-state index contributed by atoms with van der Waals surface area (Å²) in [6, 6.07) is 1.18. The number of ether oxygens (including phenoxy) is 3. The Balaban J connectivity index is 1.41. The molecule has 0 radical (unpaired) electrons. The number of hydrogen-bond acceptors (Lipinski definition) is 13. The third-order valence-electron chi connectivity index (χ3n) is 17.0. The molecule has 0 aromatic heterocycles. The first-order valence-electron chi connectivity index (χ1n) is 28.5. The number of nitrogens with one attached hydrogen (secondary N) is 3. The van der Waals surface area contributed by atoms with Crippen molar-refractivity contribution in [2.45, 2.75) is 206 Å². The van der Waals surface area contributed by atoms with Gasteiger partial charge in [-0.3, -0.25) is 38.5 Å². The van der Waals surface area contributed by atoms with E-state index in [-0.39, 0.29) is 74.3 Å². The average Bonchev–Trinajstić information content (AvgIpc) is 4.19. The first-order chi connectivity index (χ1) is 36.3. The lowest BCUT2D eigenvalue weighted by Crippen LogP contribution is -2.58. The fourth-order valence-electron chi connectivity index (χ4n) is 12.0. The van der Waals surface area contributed by atoms with E-state index < -0.39 is 113 Å². The predicted octanol–water partition coefficient (Wildman–Crippen LogP) is 4.39. The lowest BCUT2D eigenvalue weighted by atomic mass is 9.89. The van der Waals surface area contributed by atoms with E-state index in [1.807, 2.05) is 72.2 Å². The van der Waals surface area contributed by atoms with E-state index >= 15 is 9.59 Å². The van der Waals surface area contributed by atoms with Gasteiger partial charge in [-0.05, 0) is 106 Å². The van der Waals surface area contributed by atoms with Crippen LogP contribution in [0.4, 0.5) is 0 Å². The minimum Gasteiger partial charge on any atom is -0.497 e. The molecule has 19 heteroatoms. The molecule has 1 aromatic rings. The summed E-state index contributed by atoms with van der Waals surface area (Å²) in [7, 11) is 4.94. The van der Waals surface area contributed by atoms with Crippen molar-refractivity contribution in [1.29, 1.82) is 0 Å². The lowest BCUT2D eigenvalue weighted by molar-refractivity contribution is -0.168. The van der Waals surface area contributed by atoms with E-state index in [4.69, 9.17) is 14.2 Å². The number of carbonyl (C=O) groups excluding carboxylic acids is 8. The minimum atomic E-state index is -1.54. The maximum absolute atomic E-state index is 15.5. The van der Waals surface area contributed by atoms with E-state index in [9.17, 15) is 33.9 Å². The van der Waals surface area contributed by atoms with Crippen molar-refractivity contribution in [2.75, 3.05) is 40.8 Å². The van der Waals surface area contributed by atoms with E-state index in [1.165, 1.54) is 16.8 Å². The number of amides is 6. The van der Waals surface area contributed by atoms with Crippen LogP contribution in [-0.2, 0) is 54.3 Å². The second-order valence-corrected chi connectivity index (χ2v) is 24.4. The topological polar surface area (TPSA) is 234 Å². The standard InChI is InChI=1S/C58H91N7O12/c1-14-37(10)48-45(66)30-47(67)76-49(35(6)7)51(69)59-41(27-33(2)3)53(71)65-26-16-18-42(65)54(72)63(12)44(29-38-19-21-40(75-13)22-20-38)55(73)77-57(23-24-57)58(56(74)61-48)31-46(58)60-50(68)43(28-34(4)5)62(11)32-39-17-15-25-64(39)52(70)36(8)9/h19-22,33-37,39,41-46,48-49,66H,14-18,23-32H2,1-13H3,(H,59,69)(H,60,68)(H,61,74)/t37?,39?,41-,42-,43+,44-,45-,46?,48?,49-,58?/m0/s1.